The Morgan fingerprint density at radius 1 is 1.44 bits per heavy atom. The fourth-order valence-corrected chi connectivity index (χ4v) is 2.31. The SMILES string of the molecule is COC(=O)C(C)(NCC1CC1)c1ccc(I)cc1. The number of carbonyl (C=O) groups excluding carboxylic acids is 1. The summed E-state index contributed by atoms with van der Waals surface area (Å²) in [5, 5.41) is 3.37. The Balaban J connectivity index is 2.21. The van der Waals surface area contributed by atoms with Crippen LogP contribution in [0, 0.1) is 9.49 Å². The molecule has 2 rings (SSSR count). The second kappa shape index (κ2) is 5.57. The lowest BCUT2D eigenvalue weighted by Gasteiger charge is -2.28. The quantitative estimate of drug-likeness (QED) is 0.649. The number of hydrogen-bond donors (Lipinski definition) is 1. The van der Waals surface area contributed by atoms with E-state index in [1.807, 2.05) is 31.2 Å². The van der Waals surface area contributed by atoms with Crippen molar-refractivity contribution in [1.82, 2.24) is 5.32 Å². The molecule has 1 N–H and O–H groups in total. The van der Waals surface area contributed by atoms with Gasteiger partial charge in [0.05, 0.1) is 7.11 Å². The molecule has 4 heteroatoms. The molecule has 0 aromatic heterocycles. The van der Waals surface area contributed by atoms with Gasteiger partial charge in [-0.3, -0.25) is 5.32 Å². The van der Waals surface area contributed by atoms with Gasteiger partial charge in [-0.15, -0.1) is 0 Å². The summed E-state index contributed by atoms with van der Waals surface area (Å²) in [6.45, 7) is 2.76. The summed E-state index contributed by atoms with van der Waals surface area (Å²) < 4.78 is 6.11. The number of esters is 1. The maximum atomic E-state index is 12.1. The first-order chi connectivity index (χ1) is 8.56. The van der Waals surface area contributed by atoms with E-state index in [0.717, 1.165) is 21.6 Å². The average Bonchev–Trinajstić information content (AvgIpc) is 3.19. The maximum absolute atomic E-state index is 12.1. The van der Waals surface area contributed by atoms with Gasteiger partial charge in [0.15, 0.2) is 0 Å². The summed E-state index contributed by atoms with van der Waals surface area (Å²) in [5.74, 6) is 0.488. The number of benzene rings is 1. The van der Waals surface area contributed by atoms with Gasteiger partial charge in [-0.2, -0.15) is 0 Å². The molecular weight excluding hydrogens is 341 g/mol. The van der Waals surface area contributed by atoms with Crippen LogP contribution in [0.3, 0.4) is 0 Å². The number of hydrogen-bond acceptors (Lipinski definition) is 3. The van der Waals surface area contributed by atoms with Gasteiger partial charge in [0.2, 0.25) is 0 Å². The van der Waals surface area contributed by atoms with Gasteiger partial charge >= 0.3 is 5.97 Å². The summed E-state index contributed by atoms with van der Waals surface area (Å²) in [4.78, 5) is 12.1. The second-order valence-corrected chi connectivity index (χ2v) is 6.19. The van der Waals surface area contributed by atoms with E-state index in [4.69, 9.17) is 4.74 Å². The zero-order valence-electron chi connectivity index (χ0n) is 10.7. The third kappa shape index (κ3) is 3.03. The first-order valence-corrected chi connectivity index (χ1v) is 7.23. The van der Waals surface area contributed by atoms with Gasteiger partial charge in [-0.05, 0) is 72.5 Å². The molecule has 0 heterocycles. The summed E-state index contributed by atoms with van der Waals surface area (Å²) in [6, 6.07) is 7.99. The van der Waals surface area contributed by atoms with Crippen LogP contribution in [-0.2, 0) is 15.1 Å². The van der Waals surface area contributed by atoms with E-state index < -0.39 is 5.54 Å². The zero-order chi connectivity index (χ0) is 13.2. The first-order valence-electron chi connectivity index (χ1n) is 6.16. The largest absolute Gasteiger partial charge is 0.467 e. The van der Waals surface area contributed by atoms with Crippen LogP contribution in [0.15, 0.2) is 24.3 Å². The number of ether oxygens (including phenoxy) is 1. The minimum Gasteiger partial charge on any atom is -0.467 e. The van der Waals surface area contributed by atoms with Crippen molar-refractivity contribution in [2.75, 3.05) is 13.7 Å². The van der Waals surface area contributed by atoms with Gasteiger partial charge in [0.1, 0.15) is 5.54 Å². The molecule has 1 unspecified atom stereocenters. The van der Waals surface area contributed by atoms with Crippen LogP contribution < -0.4 is 5.32 Å². The summed E-state index contributed by atoms with van der Waals surface area (Å²) in [6.07, 6.45) is 2.52. The molecular formula is C14H18INO2. The normalized spacial score (nSPS) is 18.2. The zero-order valence-corrected chi connectivity index (χ0v) is 12.9. The molecule has 1 saturated carbocycles. The summed E-state index contributed by atoms with van der Waals surface area (Å²) in [7, 11) is 1.44. The molecule has 98 valence electrons. The van der Waals surface area contributed by atoms with Crippen molar-refractivity contribution < 1.29 is 9.53 Å². The van der Waals surface area contributed by atoms with E-state index in [1.165, 1.54) is 20.0 Å². The minimum atomic E-state index is -0.748. The highest BCUT2D eigenvalue weighted by Gasteiger charge is 2.37. The lowest BCUT2D eigenvalue weighted by molar-refractivity contribution is -0.148. The second-order valence-electron chi connectivity index (χ2n) is 4.95. The third-order valence-corrected chi connectivity index (χ3v) is 4.18. The Bertz CT molecular complexity index is 428. The third-order valence-electron chi connectivity index (χ3n) is 3.46. The van der Waals surface area contributed by atoms with Gasteiger partial charge < -0.3 is 4.74 Å². The van der Waals surface area contributed by atoms with E-state index in [-0.39, 0.29) is 5.97 Å². The Morgan fingerprint density at radius 3 is 2.56 bits per heavy atom. The van der Waals surface area contributed by atoms with E-state index in [9.17, 15) is 4.79 Å². The van der Waals surface area contributed by atoms with E-state index in [2.05, 4.69) is 27.9 Å². The smallest absolute Gasteiger partial charge is 0.330 e. The number of rotatable bonds is 5. The lowest BCUT2D eigenvalue weighted by atomic mass is 9.92. The summed E-state index contributed by atoms with van der Waals surface area (Å²) >= 11 is 2.26. The molecule has 0 bridgehead atoms. The molecule has 1 aromatic rings. The lowest BCUT2D eigenvalue weighted by Crippen LogP contribution is -2.48. The predicted octanol–water partition coefficient (Wildman–Crippen LogP) is 2.68. The van der Waals surface area contributed by atoms with Crippen molar-refractivity contribution in [3.8, 4) is 0 Å². The molecule has 0 radical (unpaired) electrons. The van der Waals surface area contributed by atoms with Crippen LogP contribution in [0.25, 0.3) is 0 Å². The Kier molecular flexibility index (Phi) is 4.27. The fraction of sp³-hybridized carbons (Fsp3) is 0.500. The molecule has 0 spiro atoms. The van der Waals surface area contributed by atoms with Crippen molar-refractivity contribution in [1.29, 1.82) is 0 Å². The molecule has 0 saturated heterocycles. The Hall–Kier alpha value is -0.620. The predicted molar refractivity (Wildman–Crippen MR) is 79.3 cm³/mol. The Morgan fingerprint density at radius 2 is 2.06 bits per heavy atom. The maximum Gasteiger partial charge on any atom is 0.330 e. The molecule has 18 heavy (non-hydrogen) atoms. The van der Waals surface area contributed by atoms with E-state index >= 15 is 0 Å². The molecule has 0 aliphatic heterocycles. The topological polar surface area (TPSA) is 38.3 Å². The van der Waals surface area contributed by atoms with Gasteiger partial charge in [-0.1, -0.05) is 12.1 Å². The number of halogens is 1. The molecule has 1 aromatic carbocycles. The molecule has 1 aliphatic carbocycles. The van der Waals surface area contributed by atoms with Gasteiger partial charge in [0.25, 0.3) is 0 Å². The van der Waals surface area contributed by atoms with Crippen LogP contribution >= 0.6 is 22.6 Å². The van der Waals surface area contributed by atoms with Crippen LogP contribution in [0.1, 0.15) is 25.3 Å². The highest BCUT2D eigenvalue weighted by Crippen LogP contribution is 2.30. The van der Waals surface area contributed by atoms with Crippen LogP contribution in [0.5, 0.6) is 0 Å². The number of methoxy groups -OCH3 is 1. The van der Waals surface area contributed by atoms with Crippen LogP contribution in [0.2, 0.25) is 0 Å². The van der Waals surface area contributed by atoms with E-state index in [1.54, 1.807) is 0 Å². The average molecular weight is 359 g/mol. The van der Waals surface area contributed by atoms with Crippen molar-refractivity contribution in [3.63, 3.8) is 0 Å². The fourth-order valence-electron chi connectivity index (χ4n) is 1.95. The van der Waals surface area contributed by atoms with Gasteiger partial charge in [-0.25, -0.2) is 4.79 Å². The monoisotopic (exact) mass is 359 g/mol. The number of carbonyl (C=O) groups is 1. The minimum absolute atomic E-state index is 0.232. The number of nitrogens with one attached hydrogen (secondary N) is 1. The van der Waals surface area contributed by atoms with Gasteiger partial charge in [0, 0.05) is 3.57 Å². The van der Waals surface area contributed by atoms with Crippen molar-refractivity contribution in [3.05, 3.63) is 33.4 Å². The molecule has 1 aliphatic rings. The first kappa shape index (κ1) is 13.8. The Labute approximate surface area is 121 Å². The van der Waals surface area contributed by atoms with Crippen molar-refractivity contribution in [2.45, 2.75) is 25.3 Å². The molecule has 3 nitrogen and oxygen atoms in total. The van der Waals surface area contributed by atoms with Crippen LogP contribution in [-0.4, -0.2) is 19.6 Å². The van der Waals surface area contributed by atoms with E-state index in [0.29, 0.717) is 0 Å². The molecule has 1 fully saturated rings. The van der Waals surface area contributed by atoms with Crippen LogP contribution in [0.4, 0.5) is 0 Å². The highest BCUT2D eigenvalue weighted by atomic mass is 127. The summed E-state index contributed by atoms with van der Waals surface area (Å²) in [5.41, 5.74) is 0.206. The van der Waals surface area contributed by atoms with Crippen molar-refractivity contribution >= 4 is 28.6 Å². The molecule has 1 atom stereocenters. The standard InChI is InChI=1S/C14H18INO2/c1-14(13(17)18-2,16-9-10-3-4-10)11-5-7-12(15)8-6-11/h5-8,10,16H,3-4,9H2,1-2H3. The van der Waals surface area contributed by atoms with Crippen molar-refractivity contribution in [2.24, 2.45) is 5.92 Å². The molecule has 0 amide bonds. The highest BCUT2D eigenvalue weighted by molar-refractivity contribution is 14.1.